The zero-order chi connectivity index (χ0) is 10.5. The normalized spacial score (nSPS) is 44.2. The van der Waals surface area contributed by atoms with Crippen molar-refractivity contribution in [2.75, 3.05) is 0 Å². The molecule has 3 heteroatoms. The third kappa shape index (κ3) is 1.25. The highest BCUT2D eigenvalue weighted by Gasteiger charge is 2.58. The number of halogens is 1. The summed E-state index contributed by atoms with van der Waals surface area (Å²) < 4.78 is 13.6. The van der Waals surface area contributed by atoms with Gasteiger partial charge in [-0.1, -0.05) is 13.8 Å². The number of fused-ring (bicyclic) bond motifs is 2. The van der Waals surface area contributed by atoms with Crippen molar-refractivity contribution in [2.45, 2.75) is 39.3 Å². The van der Waals surface area contributed by atoms with Gasteiger partial charge in [0.1, 0.15) is 6.17 Å². The molecule has 0 saturated heterocycles. The van der Waals surface area contributed by atoms with Gasteiger partial charge >= 0.3 is 5.97 Å². The van der Waals surface area contributed by atoms with Crippen LogP contribution in [0.15, 0.2) is 0 Å². The summed E-state index contributed by atoms with van der Waals surface area (Å²) in [7, 11) is 0. The first-order valence-corrected chi connectivity index (χ1v) is 5.28. The number of hydrogen-bond acceptors (Lipinski definition) is 1. The molecule has 0 heterocycles. The van der Waals surface area contributed by atoms with E-state index in [0.717, 1.165) is 6.42 Å². The Balaban J connectivity index is 2.11. The molecule has 0 unspecified atom stereocenters. The molecule has 2 nitrogen and oxygen atoms in total. The Kier molecular flexibility index (Phi) is 2.09. The minimum atomic E-state index is -0.886. The lowest BCUT2D eigenvalue weighted by atomic mass is 9.45. The van der Waals surface area contributed by atoms with Gasteiger partial charge < -0.3 is 5.11 Å². The van der Waals surface area contributed by atoms with Crippen LogP contribution in [0.4, 0.5) is 4.39 Å². The first kappa shape index (κ1) is 9.94. The van der Waals surface area contributed by atoms with E-state index >= 15 is 0 Å². The highest BCUT2D eigenvalue weighted by molar-refractivity contribution is 5.67. The topological polar surface area (TPSA) is 37.3 Å². The van der Waals surface area contributed by atoms with E-state index < -0.39 is 12.1 Å². The monoisotopic (exact) mass is 200 g/mol. The summed E-state index contributed by atoms with van der Waals surface area (Å²) in [5.74, 6) is -0.341. The van der Waals surface area contributed by atoms with Gasteiger partial charge in [0.2, 0.25) is 0 Å². The molecule has 0 aromatic heterocycles. The number of hydrogen-bond donors (Lipinski definition) is 1. The van der Waals surface area contributed by atoms with Gasteiger partial charge in [0.05, 0.1) is 6.42 Å². The summed E-state index contributed by atoms with van der Waals surface area (Å²) in [5, 5.41) is 8.72. The van der Waals surface area contributed by atoms with Crippen LogP contribution in [0.25, 0.3) is 0 Å². The smallest absolute Gasteiger partial charge is 0.303 e. The number of carboxylic acid groups (broad SMARTS) is 1. The van der Waals surface area contributed by atoms with Gasteiger partial charge in [0.25, 0.3) is 0 Å². The maximum atomic E-state index is 13.6. The van der Waals surface area contributed by atoms with Crippen molar-refractivity contribution in [1.29, 1.82) is 0 Å². The Hall–Kier alpha value is -0.600. The maximum Gasteiger partial charge on any atom is 0.303 e. The molecule has 0 aromatic rings. The van der Waals surface area contributed by atoms with Crippen LogP contribution in [0.2, 0.25) is 0 Å². The van der Waals surface area contributed by atoms with Crippen LogP contribution in [0.3, 0.4) is 0 Å². The van der Waals surface area contributed by atoms with Crippen molar-refractivity contribution in [1.82, 2.24) is 0 Å². The van der Waals surface area contributed by atoms with E-state index in [2.05, 4.69) is 13.8 Å². The average Bonchev–Trinajstić information content (AvgIpc) is 2.06. The summed E-state index contributed by atoms with van der Waals surface area (Å²) >= 11 is 0. The van der Waals surface area contributed by atoms with Crippen molar-refractivity contribution < 1.29 is 14.3 Å². The first-order chi connectivity index (χ1) is 6.43. The Morgan fingerprint density at radius 1 is 1.50 bits per heavy atom. The molecule has 3 saturated carbocycles. The van der Waals surface area contributed by atoms with Crippen LogP contribution in [0.5, 0.6) is 0 Å². The summed E-state index contributed by atoms with van der Waals surface area (Å²) in [4.78, 5) is 10.6. The Labute approximate surface area is 83.5 Å². The molecule has 4 atom stereocenters. The molecule has 3 aliphatic rings. The fraction of sp³-hybridized carbons (Fsp3) is 0.909. The predicted molar refractivity (Wildman–Crippen MR) is 50.6 cm³/mol. The fourth-order valence-electron chi connectivity index (χ4n) is 3.35. The van der Waals surface area contributed by atoms with E-state index in [1.807, 2.05) is 0 Å². The molecule has 3 rings (SSSR count). The zero-order valence-electron chi connectivity index (χ0n) is 8.66. The van der Waals surface area contributed by atoms with Crippen molar-refractivity contribution in [3.05, 3.63) is 0 Å². The first-order valence-electron chi connectivity index (χ1n) is 5.28. The van der Waals surface area contributed by atoms with Gasteiger partial charge in [0.15, 0.2) is 0 Å². The largest absolute Gasteiger partial charge is 0.481 e. The predicted octanol–water partition coefficient (Wildman–Crippen LogP) is 2.48. The summed E-state index contributed by atoms with van der Waals surface area (Å²) in [6.07, 6.45) is 0.720. The third-order valence-electron chi connectivity index (χ3n) is 4.45. The molecule has 0 spiro atoms. The number of aliphatic carboxylic acids is 1. The van der Waals surface area contributed by atoms with Gasteiger partial charge in [0, 0.05) is 5.92 Å². The van der Waals surface area contributed by atoms with Gasteiger partial charge in [-0.3, -0.25) is 4.79 Å². The minimum Gasteiger partial charge on any atom is -0.481 e. The van der Waals surface area contributed by atoms with Crippen molar-refractivity contribution in [3.8, 4) is 0 Å². The molecule has 0 radical (unpaired) electrons. The second-order valence-electron chi connectivity index (χ2n) is 5.37. The zero-order valence-corrected chi connectivity index (χ0v) is 8.66. The van der Waals surface area contributed by atoms with Crippen LogP contribution >= 0.6 is 0 Å². The van der Waals surface area contributed by atoms with Crippen LogP contribution in [0, 0.1) is 23.2 Å². The van der Waals surface area contributed by atoms with Crippen LogP contribution in [-0.4, -0.2) is 17.2 Å². The quantitative estimate of drug-likeness (QED) is 0.743. The molecular formula is C11H17FO2. The fourth-order valence-corrected chi connectivity index (χ4v) is 3.35. The lowest BCUT2D eigenvalue weighted by Crippen LogP contribution is -2.56. The number of rotatable bonds is 2. The van der Waals surface area contributed by atoms with Crippen molar-refractivity contribution in [2.24, 2.45) is 23.2 Å². The minimum absolute atomic E-state index is 0.00197. The SMILES string of the molecule is CC1(C)[C@H]2C[C@@H](F)[C@@H](CC(=O)O)[C@@H]1C2. The van der Waals surface area contributed by atoms with Gasteiger partial charge in [-0.05, 0) is 30.1 Å². The second kappa shape index (κ2) is 2.94. The van der Waals surface area contributed by atoms with E-state index in [9.17, 15) is 9.18 Å². The summed E-state index contributed by atoms with van der Waals surface area (Å²) in [5.41, 5.74) is 0.169. The Bertz CT molecular complexity index is 262. The number of alkyl halides is 1. The summed E-state index contributed by atoms with van der Waals surface area (Å²) in [6, 6.07) is 0. The van der Waals surface area contributed by atoms with E-state index in [1.54, 1.807) is 0 Å². The average molecular weight is 200 g/mol. The van der Waals surface area contributed by atoms with Gasteiger partial charge in [-0.15, -0.1) is 0 Å². The highest BCUT2D eigenvalue weighted by Crippen LogP contribution is 2.62. The molecule has 14 heavy (non-hydrogen) atoms. The number of carbonyl (C=O) groups is 1. The van der Waals surface area contributed by atoms with Crippen molar-refractivity contribution in [3.63, 3.8) is 0 Å². The molecule has 0 amide bonds. The summed E-state index contributed by atoms with van der Waals surface area (Å²) in [6.45, 7) is 4.29. The van der Waals surface area contributed by atoms with Crippen LogP contribution < -0.4 is 0 Å². The van der Waals surface area contributed by atoms with Gasteiger partial charge in [-0.25, -0.2) is 4.39 Å². The molecule has 80 valence electrons. The maximum absolute atomic E-state index is 13.6. The third-order valence-corrected chi connectivity index (χ3v) is 4.45. The van der Waals surface area contributed by atoms with Crippen molar-refractivity contribution >= 4 is 5.97 Å². The van der Waals surface area contributed by atoms with E-state index in [0.29, 0.717) is 12.3 Å². The van der Waals surface area contributed by atoms with Crippen LogP contribution in [-0.2, 0) is 4.79 Å². The van der Waals surface area contributed by atoms with Crippen LogP contribution in [0.1, 0.15) is 33.1 Å². The Morgan fingerprint density at radius 2 is 2.14 bits per heavy atom. The standard InChI is InChI=1S/C11H17FO2/c1-11(2)6-3-8(11)7(5-10(13)14)9(12)4-6/h6-9H,3-5H2,1-2H3,(H,13,14)/t6-,7+,8+,9-/m1/s1. The highest BCUT2D eigenvalue weighted by atomic mass is 19.1. The molecule has 3 aliphatic carbocycles. The lowest BCUT2D eigenvalue weighted by molar-refractivity contribution is -0.159. The lowest BCUT2D eigenvalue weighted by Gasteiger charge is -2.60. The number of carboxylic acids is 1. The van der Waals surface area contributed by atoms with E-state index in [1.165, 1.54) is 0 Å². The molecule has 1 N–H and O–H groups in total. The second-order valence-corrected chi connectivity index (χ2v) is 5.37. The Morgan fingerprint density at radius 3 is 2.64 bits per heavy atom. The molecule has 3 fully saturated rings. The van der Waals surface area contributed by atoms with E-state index in [-0.39, 0.29) is 23.7 Å². The molecule has 0 aliphatic heterocycles. The van der Waals surface area contributed by atoms with E-state index in [4.69, 9.17) is 5.11 Å². The molecular weight excluding hydrogens is 183 g/mol. The van der Waals surface area contributed by atoms with Gasteiger partial charge in [-0.2, -0.15) is 0 Å². The molecule has 0 aromatic carbocycles. The molecule has 2 bridgehead atoms.